The number of amides is 1. The maximum Gasteiger partial charge on any atom is 0.251 e. The van der Waals surface area contributed by atoms with Gasteiger partial charge in [0.05, 0.1) is 12.1 Å². The summed E-state index contributed by atoms with van der Waals surface area (Å²) in [5, 5.41) is 6.19. The number of benzene rings is 1. The molecule has 4 nitrogen and oxygen atoms in total. The van der Waals surface area contributed by atoms with E-state index in [4.69, 9.17) is 4.74 Å². The van der Waals surface area contributed by atoms with E-state index in [-0.39, 0.29) is 18.1 Å². The molecule has 0 aliphatic carbocycles. The highest BCUT2D eigenvalue weighted by atomic mass is 127. The predicted octanol–water partition coefficient (Wildman–Crippen LogP) is 1.01. The summed E-state index contributed by atoms with van der Waals surface area (Å²) in [6.45, 7) is 1.54. The quantitative estimate of drug-likeness (QED) is 0.804. The molecule has 1 unspecified atom stereocenters. The van der Waals surface area contributed by atoms with Crippen LogP contribution in [0.25, 0.3) is 0 Å². The molecule has 1 fully saturated rings. The van der Waals surface area contributed by atoms with Gasteiger partial charge in [-0.15, -0.1) is 0 Å². The second kappa shape index (κ2) is 5.79. The Morgan fingerprint density at radius 2 is 2.35 bits per heavy atom. The number of ether oxygens (including phenoxy) is 1. The third-order valence-corrected chi connectivity index (χ3v) is 3.54. The molecule has 0 aromatic heterocycles. The average Bonchev–Trinajstić information content (AvgIpc) is 2.76. The third kappa shape index (κ3) is 3.17. The van der Waals surface area contributed by atoms with E-state index >= 15 is 0 Å². The van der Waals surface area contributed by atoms with Crippen LogP contribution in [0.4, 0.5) is 0 Å². The minimum atomic E-state index is -0.0423. The Morgan fingerprint density at radius 1 is 1.53 bits per heavy atom. The van der Waals surface area contributed by atoms with Gasteiger partial charge in [-0.2, -0.15) is 0 Å². The molecule has 0 radical (unpaired) electrons. The molecule has 1 aromatic rings. The number of hydrogen-bond acceptors (Lipinski definition) is 3. The van der Waals surface area contributed by atoms with Crippen molar-refractivity contribution < 1.29 is 9.53 Å². The highest BCUT2D eigenvalue weighted by Crippen LogP contribution is 2.09. The van der Waals surface area contributed by atoms with Gasteiger partial charge in [-0.05, 0) is 40.8 Å². The van der Waals surface area contributed by atoms with Gasteiger partial charge in [0.15, 0.2) is 0 Å². The Labute approximate surface area is 114 Å². The first-order valence-corrected chi connectivity index (χ1v) is 6.58. The summed E-state index contributed by atoms with van der Waals surface area (Å²) in [5.74, 6) is -0.0423. The topological polar surface area (TPSA) is 50.4 Å². The fraction of sp³-hybridized carbons (Fsp3) is 0.417. The number of nitrogens with one attached hydrogen (secondary N) is 2. The fourth-order valence-corrected chi connectivity index (χ4v) is 2.47. The van der Waals surface area contributed by atoms with Gasteiger partial charge < -0.3 is 15.4 Å². The molecule has 1 aromatic carbocycles. The molecule has 1 heterocycles. The molecule has 92 valence electrons. The van der Waals surface area contributed by atoms with Crippen molar-refractivity contribution in [2.75, 3.05) is 20.2 Å². The zero-order chi connectivity index (χ0) is 12.3. The summed E-state index contributed by atoms with van der Waals surface area (Å²) in [5.41, 5.74) is 0.693. The molecule has 1 aliphatic rings. The highest BCUT2D eigenvalue weighted by molar-refractivity contribution is 14.1. The van der Waals surface area contributed by atoms with Crippen LogP contribution in [-0.2, 0) is 4.74 Å². The van der Waals surface area contributed by atoms with Gasteiger partial charge in [0.1, 0.15) is 0 Å². The lowest BCUT2D eigenvalue weighted by Crippen LogP contribution is -2.43. The predicted molar refractivity (Wildman–Crippen MR) is 74.1 cm³/mol. The smallest absolute Gasteiger partial charge is 0.251 e. The van der Waals surface area contributed by atoms with Gasteiger partial charge in [-0.25, -0.2) is 0 Å². The molecule has 2 N–H and O–H groups in total. The summed E-state index contributed by atoms with van der Waals surface area (Å²) in [6, 6.07) is 7.59. The van der Waals surface area contributed by atoms with Gasteiger partial charge in [0, 0.05) is 29.3 Å². The first-order valence-electron chi connectivity index (χ1n) is 5.50. The molecular formula is C12H15IN2O2. The zero-order valence-corrected chi connectivity index (χ0v) is 11.7. The molecule has 0 spiro atoms. The molecule has 1 saturated heterocycles. The van der Waals surface area contributed by atoms with Crippen LogP contribution in [0, 0.1) is 3.57 Å². The summed E-state index contributed by atoms with van der Waals surface area (Å²) in [7, 11) is 1.67. The van der Waals surface area contributed by atoms with E-state index in [2.05, 4.69) is 33.2 Å². The third-order valence-electron chi connectivity index (χ3n) is 2.86. The van der Waals surface area contributed by atoms with E-state index in [1.165, 1.54) is 0 Å². The van der Waals surface area contributed by atoms with Crippen LogP contribution in [0.2, 0.25) is 0 Å². The normalized spacial score (nSPS) is 23.6. The summed E-state index contributed by atoms with van der Waals surface area (Å²) in [4.78, 5) is 12.0. The van der Waals surface area contributed by atoms with Crippen LogP contribution in [0.15, 0.2) is 24.3 Å². The first-order chi connectivity index (χ1) is 8.20. The van der Waals surface area contributed by atoms with Crippen molar-refractivity contribution in [2.24, 2.45) is 0 Å². The monoisotopic (exact) mass is 346 g/mol. The van der Waals surface area contributed by atoms with Gasteiger partial charge in [-0.1, -0.05) is 6.07 Å². The molecular weight excluding hydrogens is 331 g/mol. The molecule has 2 rings (SSSR count). The van der Waals surface area contributed by atoms with Crippen molar-refractivity contribution in [3.8, 4) is 0 Å². The first kappa shape index (κ1) is 12.8. The van der Waals surface area contributed by atoms with Crippen molar-refractivity contribution in [3.05, 3.63) is 33.4 Å². The zero-order valence-electron chi connectivity index (χ0n) is 9.57. The van der Waals surface area contributed by atoms with E-state index in [9.17, 15) is 4.79 Å². The van der Waals surface area contributed by atoms with Gasteiger partial charge in [-0.3, -0.25) is 4.79 Å². The maximum atomic E-state index is 12.0. The van der Waals surface area contributed by atoms with Crippen LogP contribution in [0.5, 0.6) is 0 Å². The summed E-state index contributed by atoms with van der Waals surface area (Å²) >= 11 is 2.20. The van der Waals surface area contributed by atoms with E-state index < -0.39 is 0 Å². The lowest BCUT2D eigenvalue weighted by molar-refractivity contribution is 0.0780. The Morgan fingerprint density at radius 3 is 3.06 bits per heavy atom. The second-order valence-electron chi connectivity index (χ2n) is 4.02. The number of hydrogen-bond donors (Lipinski definition) is 2. The lowest BCUT2D eigenvalue weighted by atomic mass is 10.1. The SMILES string of the molecule is CO[C@H]1CNCC1NC(=O)c1cccc(I)c1. The Hall–Kier alpha value is -0.660. The number of halogens is 1. The summed E-state index contributed by atoms with van der Waals surface area (Å²) < 4.78 is 6.36. The number of carbonyl (C=O) groups excluding carboxylic acids is 1. The van der Waals surface area contributed by atoms with Crippen molar-refractivity contribution in [3.63, 3.8) is 0 Å². The van der Waals surface area contributed by atoms with Gasteiger partial charge >= 0.3 is 0 Å². The Balaban J connectivity index is 2.01. The number of rotatable bonds is 3. The van der Waals surface area contributed by atoms with Crippen LogP contribution in [0.3, 0.4) is 0 Å². The van der Waals surface area contributed by atoms with Crippen molar-refractivity contribution in [1.29, 1.82) is 0 Å². The van der Waals surface area contributed by atoms with E-state index in [1.54, 1.807) is 7.11 Å². The van der Waals surface area contributed by atoms with E-state index in [1.807, 2.05) is 24.3 Å². The standard InChI is InChI=1S/C12H15IN2O2/c1-17-11-7-14-6-10(11)15-12(16)8-3-2-4-9(13)5-8/h2-5,10-11,14H,6-7H2,1H3,(H,15,16)/t10?,11-/m0/s1. The van der Waals surface area contributed by atoms with Gasteiger partial charge in [0.25, 0.3) is 5.91 Å². The molecule has 5 heteroatoms. The largest absolute Gasteiger partial charge is 0.378 e. The van der Waals surface area contributed by atoms with Crippen LogP contribution in [-0.4, -0.2) is 38.3 Å². The minimum absolute atomic E-state index is 0.0423. The van der Waals surface area contributed by atoms with Crippen LogP contribution < -0.4 is 10.6 Å². The number of carbonyl (C=O) groups is 1. The van der Waals surface area contributed by atoms with Crippen molar-refractivity contribution >= 4 is 28.5 Å². The Bertz CT molecular complexity index is 411. The van der Waals surface area contributed by atoms with E-state index in [0.717, 1.165) is 16.7 Å². The molecule has 17 heavy (non-hydrogen) atoms. The van der Waals surface area contributed by atoms with E-state index in [0.29, 0.717) is 5.56 Å². The number of methoxy groups -OCH3 is 1. The molecule has 0 saturated carbocycles. The van der Waals surface area contributed by atoms with Crippen LogP contribution in [0.1, 0.15) is 10.4 Å². The molecule has 0 bridgehead atoms. The second-order valence-corrected chi connectivity index (χ2v) is 5.27. The molecule has 1 aliphatic heterocycles. The minimum Gasteiger partial charge on any atom is -0.378 e. The average molecular weight is 346 g/mol. The maximum absolute atomic E-state index is 12.0. The molecule has 2 atom stereocenters. The van der Waals surface area contributed by atoms with Gasteiger partial charge in [0.2, 0.25) is 0 Å². The van der Waals surface area contributed by atoms with Crippen molar-refractivity contribution in [1.82, 2.24) is 10.6 Å². The lowest BCUT2D eigenvalue weighted by Gasteiger charge is -2.18. The Kier molecular flexibility index (Phi) is 4.36. The highest BCUT2D eigenvalue weighted by Gasteiger charge is 2.28. The van der Waals surface area contributed by atoms with Crippen molar-refractivity contribution in [2.45, 2.75) is 12.1 Å². The fourth-order valence-electron chi connectivity index (χ4n) is 1.93. The summed E-state index contributed by atoms with van der Waals surface area (Å²) in [6.07, 6.45) is 0.0572. The molecule has 1 amide bonds. The van der Waals surface area contributed by atoms with Crippen LogP contribution >= 0.6 is 22.6 Å².